The van der Waals surface area contributed by atoms with Crippen LogP contribution in [0.5, 0.6) is 5.75 Å². The molecule has 0 saturated heterocycles. The van der Waals surface area contributed by atoms with Crippen LogP contribution in [0.4, 0.5) is 13.2 Å². The zero-order valence-electron chi connectivity index (χ0n) is 9.17. The molecule has 0 amide bonds. The first-order valence-corrected chi connectivity index (χ1v) is 4.88. The van der Waals surface area contributed by atoms with E-state index < -0.39 is 18.5 Å². The number of carbonyl (C=O) groups is 1. The number of hydrogen-bond donors (Lipinski definition) is 1. The second-order valence-electron chi connectivity index (χ2n) is 3.34. The molecule has 3 nitrogen and oxygen atoms in total. The molecule has 0 aliphatic rings. The average molecular weight is 247 g/mol. The van der Waals surface area contributed by atoms with E-state index in [1.165, 1.54) is 13.2 Å². The van der Waals surface area contributed by atoms with Crippen LogP contribution in [0.2, 0.25) is 0 Å². The lowest BCUT2D eigenvalue weighted by molar-refractivity contribution is -0.124. The fourth-order valence-electron chi connectivity index (χ4n) is 1.29. The van der Waals surface area contributed by atoms with Gasteiger partial charge in [-0.2, -0.15) is 13.2 Å². The molecule has 0 aliphatic carbocycles. The van der Waals surface area contributed by atoms with E-state index in [9.17, 15) is 18.0 Å². The zero-order valence-corrected chi connectivity index (χ0v) is 9.17. The fourth-order valence-corrected chi connectivity index (χ4v) is 1.29. The van der Waals surface area contributed by atoms with Crippen molar-refractivity contribution >= 4 is 5.78 Å². The Bertz CT molecular complexity index is 391. The normalized spacial score (nSPS) is 11.3. The fraction of sp³-hybridized carbons (Fsp3) is 0.364. The van der Waals surface area contributed by atoms with Gasteiger partial charge in [0.05, 0.1) is 25.8 Å². The maximum atomic E-state index is 11.9. The Morgan fingerprint density at radius 2 is 2.00 bits per heavy atom. The predicted molar refractivity (Wildman–Crippen MR) is 56.2 cm³/mol. The molecule has 0 atom stereocenters. The Kier molecular flexibility index (Phi) is 4.51. The van der Waals surface area contributed by atoms with Gasteiger partial charge >= 0.3 is 6.18 Å². The highest BCUT2D eigenvalue weighted by molar-refractivity contribution is 6.00. The van der Waals surface area contributed by atoms with Gasteiger partial charge in [-0.15, -0.1) is 0 Å². The molecular weight excluding hydrogens is 235 g/mol. The predicted octanol–water partition coefficient (Wildman–Crippen LogP) is 2.03. The van der Waals surface area contributed by atoms with Crippen molar-refractivity contribution in [1.29, 1.82) is 0 Å². The second kappa shape index (κ2) is 5.67. The minimum Gasteiger partial charge on any atom is -0.496 e. The van der Waals surface area contributed by atoms with Crippen LogP contribution in [-0.2, 0) is 0 Å². The minimum atomic E-state index is -4.32. The summed E-state index contributed by atoms with van der Waals surface area (Å²) in [5.41, 5.74) is 0.268. The average Bonchev–Trinajstić information content (AvgIpc) is 2.27. The monoisotopic (exact) mass is 247 g/mol. The summed E-state index contributed by atoms with van der Waals surface area (Å²) in [7, 11) is 1.40. The molecule has 1 rings (SSSR count). The summed E-state index contributed by atoms with van der Waals surface area (Å²) in [4.78, 5) is 11.6. The summed E-state index contributed by atoms with van der Waals surface area (Å²) in [6.45, 7) is -1.56. The second-order valence-corrected chi connectivity index (χ2v) is 3.34. The van der Waals surface area contributed by atoms with Crippen molar-refractivity contribution in [2.45, 2.75) is 6.18 Å². The molecule has 1 aromatic rings. The molecule has 0 saturated carbocycles. The SMILES string of the molecule is COc1ccccc1C(=O)CNCC(F)(F)F. The number of methoxy groups -OCH3 is 1. The van der Waals surface area contributed by atoms with Crippen LogP contribution in [0, 0.1) is 0 Å². The van der Waals surface area contributed by atoms with Crippen molar-refractivity contribution in [2.75, 3.05) is 20.2 Å². The van der Waals surface area contributed by atoms with Crippen molar-refractivity contribution < 1.29 is 22.7 Å². The van der Waals surface area contributed by atoms with Crippen molar-refractivity contribution in [3.8, 4) is 5.75 Å². The number of rotatable bonds is 5. The third kappa shape index (κ3) is 4.44. The molecule has 17 heavy (non-hydrogen) atoms. The van der Waals surface area contributed by atoms with Gasteiger partial charge in [0, 0.05) is 0 Å². The van der Waals surface area contributed by atoms with Gasteiger partial charge in [-0.05, 0) is 12.1 Å². The molecule has 0 aromatic heterocycles. The summed E-state index contributed by atoms with van der Waals surface area (Å²) < 4.78 is 40.5. The van der Waals surface area contributed by atoms with E-state index in [0.717, 1.165) is 0 Å². The van der Waals surface area contributed by atoms with Gasteiger partial charge < -0.3 is 10.1 Å². The van der Waals surface area contributed by atoms with Crippen LogP contribution in [0.1, 0.15) is 10.4 Å². The van der Waals surface area contributed by atoms with Gasteiger partial charge in [-0.1, -0.05) is 12.1 Å². The smallest absolute Gasteiger partial charge is 0.401 e. The summed E-state index contributed by atoms with van der Waals surface area (Å²) >= 11 is 0. The zero-order chi connectivity index (χ0) is 12.9. The third-order valence-corrected chi connectivity index (χ3v) is 2.02. The molecule has 0 aliphatic heterocycles. The molecule has 1 N–H and O–H groups in total. The van der Waals surface area contributed by atoms with Gasteiger partial charge in [0.25, 0.3) is 0 Å². The summed E-state index contributed by atoms with van der Waals surface area (Å²) in [6, 6.07) is 6.39. The lowest BCUT2D eigenvalue weighted by Gasteiger charge is -2.09. The van der Waals surface area contributed by atoms with Crippen molar-refractivity contribution in [3.63, 3.8) is 0 Å². The molecule has 0 unspecified atom stereocenters. The summed E-state index contributed by atoms with van der Waals surface area (Å²) in [6.07, 6.45) is -4.32. The number of carbonyl (C=O) groups excluding carboxylic acids is 1. The van der Waals surface area contributed by atoms with E-state index in [1.807, 2.05) is 5.32 Å². The van der Waals surface area contributed by atoms with Crippen LogP contribution >= 0.6 is 0 Å². The lowest BCUT2D eigenvalue weighted by Crippen LogP contribution is -2.32. The maximum Gasteiger partial charge on any atom is 0.401 e. The molecule has 6 heteroatoms. The standard InChI is InChI=1S/C11H12F3NO2/c1-17-10-5-3-2-4-8(10)9(16)6-15-7-11(12,13)14/h2-5,15H,6-7H2,1H3. The Morgan fingerprint density at radius 1 is 1.35 bits per heavy atom. The van der Waals surface area contributed by atoms with Crippen LogP contribution < -0.4 is 10.1 Å². The van der Waals surface area contributed by atoms with Crippen LogP contribution in [0.3, 0.4) is 0 Å². The van der Waals surface area contributed by atoms with Gasteiger partial charge in [0.15, 0.2) is 5.78 Å². The number of hydrogen-bond acceptors (Lipinski definition) is 3. The molecule has 94 valence electrons. The van der Waals surface area contributed by atoms with E-state index in [0.29, 0.717) is 5.75 Å². The van der Waals surface area contributed by atoms with Crippen molar-refractivity contribution in [1.82, 2.24) is 5.32 Å². The molecular formula is C11H12F3NO2. The highest BCUT2D eigenvalue weighted by Gasteiger charge is 2.26. The topological polar surface area (TPSA) is 38.3 Å². The van der Waals surface area contributed by atoms with E-state index in [2.05, 4.69) is 0 Å². The van der Waals surface area contributed by atoms with Crippen LogP contribution in [0.25, 0.3) is 0 Å². The first-order valence-electron chi connectivity index (χ1n) is 4.88. The first kappa shape index (κ1) is 13.5. The van der Waals surface area contributed by atoms with Crippen LogP contribution in [0.15, 0.2) is 24.3 Å². The molecule has 0 heterocycles. The number of para-hydroxylation sites is 1. The lowest BCUT2D eigenvalue weighted by atomic mass is 10.1. The number of Topliss-reactive ketones (excluding diaryl/α,β-unsaturated/α-hetero) is 1. The summed E-state index contributed by atoms with van der Waals surface area (Å²) in [5.74, 6) is -0.0852. The number of benzene rings is 1. The largest absolute Gasteiger partial charge is 0.496 e. The minimum absolute atomic E-state index is 0.268. The highest BCUT2D eigenvalue weighted by Crippen LogP contribution is 2.17. The Morgan fingerprint density at radius 3 is 2.59 bits per heavy atom. The Balaban J connectivity index is 2.58. The van der Waals surface area contributed by atoms with Gasteiger partial charge in [-0.3, -0.25) is 4.79 Å². The molecule has 0 spiro atoms. The number of nitrogens with one attached hydrogen (secondary N) is 1. The highest BCUT2D eigenvalue weighted by atomic mass is 19.4. The molecule has 0 fully saturated rings. The number of ether oxygens (including phenoxy) is 1. The van der Waals surface area contributed by atoms with E-state index in [-0.39, 0.29) is 12.1 Å². The Hall–Kier alpha value is -1.56. The van der Waals surface area contributed by atoms with E-state index in [4.69, 9.17) is 4.74 Å². The van der Waals surface area contributed by atoms with Crippen LogP contribution in [-0.4, -0.2) is 32.2 Å². The number of ketones is 1. The van der Waals surface area contributed by atoms with Gasteiger partial charge in [0.1, 0.15) is 5.75 Å². The van der Waals surface area contributed by atoms with E-state index >= 15 is 0 Å². The van der Waals surface area contributed by atoms with Gasteiger partial charge in [-0.25, -0.2) is 0 Å². The van der Waals surface area contributed by atoms with Crippen molar-refractivity contribution in [2.24, 2.45) is 0 Å². The molecule has 1 aromatic carbocycles. The Labute approximate surface area is 96.6 Å². The van der Waals surface area contributed by atoms with E-state index in [1.54, 1.807) is 18.2 Å². The first-order chi connectivity index (χ1) is 7.94. The number of halogens is 3. The quantitative estimate of drug-likeness (QED) is 0.809. The number of alkyl halides is 3. The summed E-state index contributed by atoms with van der Waals surface area (Å²) in [5, 5.41) is 2.04. The maximum absolute atomic E-state index is 11.9. The van der Waals surface area contributed by atoms with Gasteiger partial charge in [0.2, 0.25) is 0 Å². The van der Waals surface area contributed by atoms with Crippen molar-refractivity contribution in [3.05, 3.63) is 29.8 Å². The third-order valence-electron chi connectivity index (χ3n) is 2.02. The molecule has 0 bridgehead atoms. The molecule has 0 radical (unpaired) electrons.